The topological polar surface area (TPSA) is 16.1 Å². The van der Waals surface area contributed by atoms with Crippen molar-refractivity contribution in [3.05, 3.63) is 53.3 Å². The Balaban J connectivity index is 2.44. The van der Waals surface area contributed by atoms with Crippen LogP contribution in [0, 0.1) is 13.8 Å². The Morgan fingerprint density at radius 3 is 2.44 bits per heavy atom. The van der Waals surface area contributed by atoms with Gasteiger partial charge in [-0.1, -0.05) is 6.07 Å². The van der Waals surface area contributed by atoms with Crippen molar-refractivity contribution in [1.29, 1.82) is 0 Å². The summed E-state index contributed by atoms with van der Waals surface area (Å²) < 4.78 is 0. The maximum Gasteiger partial charge on any atom is 0.0510 e. The van der Waals surface area contributed by atoms with Crippen LogP contribution in [-0.2, 0) is 5.88 Å². The summed E-state index contributed by atoms with van der Waals surface area (Å²) in [7, 11) is 2.06. The van der Waals surface area contributed by atoms with E-state index in [1.807, 2.05) is 12.3 Å². The highest BCUT2D eigenvalue weighted by Crippen LogP contribution is 2.28. The first-order chi connectivity index (χ1) is 8.61. The van der Waals surface area contributed by atoms with Gasteiger partial charge >= 0.3 is 0 Å². The molecule has 0 bridgehead atoms. The SMILES string of the molecule is Cc1cc(C)cc(N(C)c2ccncc2CCl)c1. The molecule has 0 fully saturated rings. The van der Waals surface area contributed by atoms with Crippen molar-refractivity contribution in [3.63, 3.8) is 0 Å². The molecule has 1 aromatic carbocycles. The highest BCUT2D eigenvalue weighted by Gasteiger charge is 2.09. The number of nitrogens with zero attached hydrogens (tertiary/aromatic N) is 2. The van der Waals surface area contributed by atoms with Gasteiger partial charge in [-0.25, -0.2) is 0 Å². The van der Waals surface area contributed by atoms with Gasteiger partial charge in [0, 0.05) is 36.4 Å². The zero-order valence-electron chi connectivity index (χ0n) is 10.9. The number of benzene rings is 1. The fourth-order valence-corrected chi connectivity index (χ4v) is 2.34. The minimum atomic E-state index is 0.471. The van der Waals surface area contributed by atoms with E-state index in [-0.39, 0.29) is 0 Å². The highest BCUT2D eigenvalue weighted by atomic mass is 35.5. The zero-order valence-corrected chi connectivity index (χ0v) is 11.7. The predicted octanol–water partition coefficient (Wildman–Crippen LogP) is 4.21. The Labute approximate surface area is 113 Å². The summed E-state index contributed by atoms with van der Waals surface area (Å²) in [5.41, 5.74) is 5.84. The van der Waals surface area contributed by atoms with E-state index in [0.29, 0.717) is 5.88 Å². The maximum atomic E-state index is 5.96. The Morgan fingerprint density at radius 2 is 1.83 bits per heavy atom. The third-order valence-corrected chi connectivity index (χ3v) is 3.26. The molecular weight excluding hydrogens is 244 g/mol. The molecule has 3 heteroatoms. The van der Waals surface area contributed by atoms with E-state index in [1.165, 1.54) is 16.8 Å². The molecule has 0 aliphatic rings. The summed E-state index contributed by atoms with van der Waals surface area (Å²) in [6.45, 7) is 4.22. The van der Waals surface area contributed by atoms with Crippen LogP contribution < -0.4 is 4.90 Å². The largest absolute Gasteiger partial charge is 0.344 e. The molecule has 94 valence electrons. The van der Waals surface area contributed by atoms with Gasteiger partial charge in [-0.05, 0) is 43.2 Å². The molecule has 2 nitrogen and oxygen atoms in total. The van der Waals surface area contributed by atoms with Gasteiger partial charge in [-0.3, -0.25) is 4.98 Å². The van der Waals surface area contributed by atoms with Crippen LogP contribution in [0.15, 0.2) is 36.7 Å². The normalized spacial score (nSPS) is 10.4. The molecule has 18 heavy (non-hydrogen) atoms. The van der Waals surface area contributed by atoms with Gasteiger partial charge in [-0.2, -0.15) is 0 Å². The van der Waals surface area contributed by atoms with Gasteiger partial charge in [0.05, 0.1) is 5.88 Å². The van der Waals surface area contributed by atoms with Crippen LogP contribution in [0.2, 0.25) is 0 Å². The molecule has 0 aliphatic heterocycles. The first kappa shape index (κ1) is 12.9. The second kappa shape index (κ2) is 5.40. The second-order valence-electron chi connectivity index (χ2n) is 4.54. The lowest BCUT2D eigenvalue weighted by atomic mass is 10.1. The standard InChI is InChI=1S/C15H17ClN2/c1-11-6-12(2)8-14(7-11)18(3)15-4-5-17-10-13(15)9-16/h4-8,10H,9H2,1-3H3. The number of hydrogen-bond donors (Lipinski definition) is 0. The van der Waals surface area contributed by atoms with Crippen LogP contribution in [0.1, 0.15) is 16.7 Å². The van der Waals surface area contributed by atoms with Crippen LogP contribution >= 0.6 is 11.6 Å². The Morgan fingerprint density at radius 1 is 1.17 bits per heavy atom. The smallest absolute Gasteiger partial charge is 0.0510 e. The average molecular weight is 261 g/mol. The third kappa shape index (κ3) is 2.65. The number of anilines is 2. The Kier molecular flexibility index (Phi) is 3.87. The van der Waals surface area contributed by atoms with Gasteiger partial charge in [0.15, 0.2) is 0 Å². The maximum absolute atomic E-state index is 5.96. The zero-order chi connectivity index (χ0) is 13.1. The van der Waals surface area contributed by atoms with Crippen LogP contribution in [0.4, 0.5) is 11.4 Å². The molecule has 0 radical (unpaired) electrons. The molecule has 0 spiro atoms. The van der Waals surface area contributed by atoms with Crippen molar-refractivity contribution in [2.75, 3.05) is 11.9 Å². The summed E-state index contributed by atoms with van der Waals surface area (Å²) in [4.78, 5) is 6.27. The summed E-state index contributed by atoms with van der Waals surface area (Å²) in [6.07, 6.45) is 3.62. The minimum absolute atomic E-state index is 0.471. The number of alkyl halides is 1. The monoisotopic (exact) mass is 260 g/mol. The van der Waals surface area contributed by atoms with Crippen molar-refractivity contribution in [1.82, 2.24) is 4.98 Å². The lowest BCUT2D eigenvalue weighted by Gasteiger charge is -2.22. The molecule has 0 amide bonds. The lowest BCUT2D eigenvalue weighted by molar-refractivity contribution is 1.14. The van der Waals surface area contributed by atoms with Gasteiger partial charge in [0.25, 0.3) is 0 Å². The van der Waals surface area contributed by atoms with Crippen LogP contribution in [0.25, 0.3) is 0 Å². The molecule has 0 N–H and O–H groups in total. The van der Waals surface area contributed by atoms with E-state index in [1.54, 1.807) is 6.20 Å². The van der Waals surface area contributed by atoms with Gasteiger partial charge in [-0.15, -0.1) is 11.6 Å². The number of hydrogen-bond acceptors (Lipinski definition) is 2. The molecule has 0 atom stereocenters. The molecular formula is C15H17ClN2. The van der Waals surface area contributed by atoms with Crippen molar-refractivity contribution < 1.29 is 0 Å². The van der Waals surface area contributed by atoms with Gasteiger partial charge < -0.3 is 4.90 Å². The van der Waals surface area contributed by atoms with Crippen molar-refractivity contribution in [3.8, 4) is 0 Å². The molecule has 0 unspecified atom stereocenters. The van der Waals surface area contributed by atoms with Gasteiger partial charge in [0.2, 0.25) is 0 Å². The molecule has 0 saturated carbocycles. The predicted molar refractivity (Wildman–Crippen MR) is 77.8 cm³/mol. The third-order valence-electron chi connectivity index (χ3n) is 2.98. The fourth-order valence-electron chi connectivity index (χ4n) is 2.13. The van der Waals surface area contributed by atoms with Crippen LogP contribution in [0.5, 0.6) is 0 Å². The molecule has 2 aromatic rings. The number of aromatic nitrogens is 1. The first-order valence-corrected chi connectivity index (χ1v) is 6.46. The molecule has 0 saturated heterocycles. The van der Waals surface area contributed by atoms with E-state index >= 15 is 0 Å². The molecule has 2 rings (SSSR count). The lowest BCUT2D eigenvalue weighted by Crippen LogP contribution is -2.12. The molecule has 1 aromatic heterocycles. The van der Waals surface area contributed by atoms with E-state index in [0.717, 1.165) is 11.3 Å². The molecule has 1 heterocycles. The van der Waals surface area contributed by atoms with Crippen molar-refractivity contribution >= 4 is 23.0 Å². The van der Waals surface area contributed by atoms with E-state index in [9.17, 15) is 0 Å². The number of pyridine rings is 1. The summed E-state index contributed by atoms with van der Waals surface area (Å²) in [6, 6.07) is 8.51. The number of rotatable bonds is 3. The minimum Gasteiger partial charge on any atom is -0.344 e. The summed E-state index contributed by atoms with van der Waals surface area (Å²) >= 11 is 5.96. The summed E-state index contributed by atoms with van der Waals surface area (Å²) in [5, 5.41) is 0. The highest BCUT2D eigenvalue weighted by molar-refractivity contribution is 6.17. The average Bonchev–Trinajstić information content (AvgIpc) is 2.36. The number of aryl methyl sites for hydroxylation is 2. The fraction of sp³-hybridized carbons (Fsp3) is 0.267. The van der Waals surface area contributed by atoms with E-state index in [2.05, 4.69) is 49.0 Å². The number of halogens is 1. The second-order valence-corrected chi connectivity index (χ2v) is 4.81. The Hall–Kier alpha value is -1.54. The first-order valence-electron chi connectivity index (χ1n) is 5.92. The molecule has 0 aliphatic carbocycles. The Bertz CT molecular complexity index is 532. The van der Waals surface area contributed by atoms with Gasteiger partial charge in [0.1, 0.15) is 0 Å². The van der Waals surface area contributed by atoms with Crippen molar-refractivity contribution in [2.24, 2.45) is 0 Å². The van der Waals surface area contributed by atoms with Crippen molar-refractivity contribution in [2.45, 2.75) is 19.7 Å². The van der Waals surface area contributed by atoms with E-state index < -0.39 is 0 Å². The van der Waals surface area contributed by atoms with Crippen LogP contribution in [0.3, 0.4) is 0 Å². The quantitative estimate of drug-likeness (QED) is 0.769. The van der Waals surface area contributed by atoms with Crippen LogP contribution in [-0.4, -0.2) is 12.0 Å². The van der Waals surface area contributed by atoms with E-state index in [4.69, 9.17) is 11.6 Å². The summed E-state index contributed by atoms with van der Waals surface area (Å²) in [5.74, 6) is 0.471.